The predicted molar refractivity (Wildman–Crippen MR) is 103 cm³/mol. The summed E-state index contributed by atoms with van der Waals surface area (Å²) in [4.78, 5) is 11.2. The minimum atomic E-state index is -0.0660. The van der Waals surface area contributed by atoms with Gasteiger partial charge in [-0.3, -0.25) is 4.79 Å². The summed E-state index contributed by atoms with van der Waals surface area (Å²) in [5.41, 5.74) is 4.47. The van der Waals surface area contributed by atoms with Crippen molar-refractivity contribution in [2.24, 2.45) is 0 Å². The number of anilines is 1. The number of rotatable bonds is 6. The van der Waals surface area contributed by atoms with Crippen LogP contribution in [0.3, 0.4) is 0 Å². The largest absolute Gasteiger partial charge is 0.490 e. The minimum Gasteiger partial charge on any atom is -0.490 e. The van der Waals surface area contributed by atoms with Crippen LogP contribution in [0.5, 0.6) is 11.5 Å². The third-order valence-electron chi connectivity index (χ3n) is 4.42. The van der Waals surface area contributed by atoms with Crippen LogP contribution in [-0.2, 0) is 11.2 Å². The van der Waals surface area contributed by atoms with Gasteiger partial charge in [-0.1, -0.05) is 12.1 Å². The van der Waals surface area contributed by atoms with Crippen LogP contribution in [0.1, 0.15) is 43.5 Å². The van der Waals surface area contributed by atoms with Gasteiger partial charge in [-0.2, -0.15) is 0 Å². The summed E-state index contributed by atoms with van der Waals surface area (Å²) in [5, 5.41) is 6.39. The molecule has 1 atom stereocenters. The number of amides is 1. The highest BCUT2D eigenvalue weighted by atomic mass is 16.5. The average molecular weight is 354 g/mol. The second-order valence-corrected chi connectivity index (χ2v) is 6.30. The van der Waals surface area contributed by atoms with Crippen LogP contribution >= 0.6 is 0 Å². The third kappa shape index (κ3) is 3.99. The number of carbonyl (C=O) groups excluding carboxylic acids is 1. The normalized spacial score (nSPS) is 15.9. The molecule has 0 aliphatic carbocycles. The van der Waals surface area contributed by atoms with Crippen molar-refractivity contribution in [3.8, 4) is 11.5 Å². The Morgan fingerprint density at radius 3 is 2.38 bits per heavy atom. The number of hydrogen-bond donors (Lipinski definition) is 2. The molecule has 0 bridgehead atoms. The highest BCUT2D eigenvalue weighted by Gasteiger charge is 2.24. The molecule has 2 N–H and O–H groups in total. The fourth-order valence-corrected chi connectivity index (χ4v) is 3.36. The van der Waals surface area contributed by atoms with Crippen LogP contribution < -0.4 is 20.1 Å². The Hall–Kier alpha value is -2.53. The molecular formula is C21H26N2O3. The fraction of sp³-hybridized carbons (Fsp3) is 0.381. The first-order valence-corrected chi connectivity index (χ1v) is 9.15. The van der Waals surface area contributed by atoms with Gasteiger partial charge in [0.05, 0.1) is 19.3 Å². The number of carbonyl (C=O) groups is 1. The molecule has 1 aliphatic heterocycles. The van der Waals surface area contributed by atoms with Crippen molar-refractivity contribution in [2.45, 2.75) is 33.2 Å². The first kappa shape index (κ1) is 18.3. The Morgan fingerprint density at radius 1 is 1.12 bits per heavy atom. The van der Waals surface area contributed by atoms with Crippen LogP contribution in [0.15, 0.2) is 36.4 Å². The van der Waals surface area contributed by atoms with Gasteiger partial charge in [0.25, 0.3) is 0 Å². The molecule has 0 unspecified atom stereocenters. The highest BCUT2D eigenvalue weighted by molar-refractivity contribution is 5.88. The molecule has 3 rings (SSSR count). The summed E-state index contributed by atoms with van der Waals surface area (Å²) in [6, 6.07) is 12.3. The van der Waals surface area contributed by atoms with Crippen LogP contribution in [0.4, 0.5) is 5.69 Å². The lowest BCUT2D eigenvalue weighted by Crippen LogP contribution is -2.30. The molecule has 5 heteroatoms. The Bertz CT molecular complexity index is 772. The first-order valence-electron chi connectivity index (χ1n) is 9.15. The summed E-state index contributed by atoms with van der Waals surface area (Å²) in [7, 11) is 0. The van der Waals surface area contributed by atoms with E-state index in [2.05, 4.69) is 34.9 Å². The Morgan fingerprint density at radius 2 is 1.77 bits per heavy atom. The summed E-state index contributed by atoms with van der Waals surface area (Å²) in [5.74, 6) is 1.54. The number of fused-ring (bicyclic) bond motifs is 1. The van der Waals surface area contributed by atoms with Crippen molar-refractivity contribution in [1.82, 2.24) is 5.32 Å². The molecule has 1 heterocycles. The van der Waals surface area contributed by atoms with Crippen LogP contribution in [-0.4, -0.2) is 25.7 Å². The third-order valence-corrected chi connectivity index (χ3v) is 4.42. The van der Waals surface area contributed by atoms with Crippen molar-refractivity contribution in [3.05, 3.63) is 53.1 Å². The van der Waals surface area contributed by atoms with Gasteiger partial charge >= 0.3 is 0 Å². The van der Waals surface area contributed by atoms with E-state index in [1.165, 1.54) is 18.1 Å². The zero-order valence-corrected chi connectivity index (χ0v) is 15.6. The Labute approximate surface area is 154 Å². The molecule has 1 aliphatic rings. The van der Waals surface area contributed by atoms with Gasteiger partial charge in [0.15, 0.2) is 11.5 Å². The number of hydrogen-bond acceptors (Lipinski definition) is 4. The average Bonchev–Trinajstić information content (AvgIpc) is 2.62. The van der Waals surface area contributed by atoms with Crippen molar-refractivity contribution in [2.75, 3.05) is 25.1 Å². The van der Waals surface area contributed by atoms with Gasteiger partial charge in [-0.05, 0) is 61.2 Å². The molecule has 0 spiro atoms. The quantitative estimate of drug-likeness (QED) is 0.831. The highest BCUT2D eigenvalue weighted by Crippen LogP contribution is 2.38. The van der Waals surface area contributed by atoms with Crippen LogP contribution in [0.2, 0.25) is 0 Å². The molecule has 0 saturated carbocycles. The molecule has 1 amide bonds. The first-order chi connectivity index (χ1) is 12.6. The van der Waals surface area contributed by atoms with Gasteiger partial charge in [0.1, 0.15) is 0 Å². The smallest absolute Gasteiger partial charge is 0.221 e. The Balaban J connectivity index is 1.94. The van der Waals surface area contributed by atoms with E-state index in [1.807, 2.05) is 26.0 Å². The molecule has 138 valence electrons. The van der Waals surface area contributed by atoms with E-state index in [0.717, 1.165) is 35.7 Å². The van der Waals surface area contributed by atoms with E-state index < -0.39 is 0 Å². The number of nitrogens with one attached hydrogen (secondary N) is 2. The van der Waals surface area contributed by atoms with Crippen molar-refractivity contribution < 1.29 is 14.3 Å². The van der Waals surface area contributed by atoms with Crippen molar-refractivity contribution in [3.63, 3.8) is 0 Å². The molecule has 2 aromatic carbocycles. The van der Waals surface area contributed by atoms with E-state index in [0.29, 0.717) is 13.2 Å². The number of ether oxygens (including phenoxy) is 2. The van der Waals surface area contributed by atoms with Gasteiger partial charge in [0, 0.05) is 19.2 Å². The molecular weight excluding hydrogens is 328 g/mol. The summed E-state index contributed by atoms with van der Waals surface area (Å²) in [6.45, 7) is 7.60. The molecule has 0 radical (unpaired) electrons. The van der Waals surface area contributed by atoms with Gasteiger partial charge in [-0.15, -0.1) is 0 Å². The van der Waals surface area contributed by atoms with Crippen molar-refractivity contribution in [1.29, 1.82) is 0 Å². The van der Waals surface area contributed by atoms with E-state index in [9.17, 15) is 4.79 Å². The predicted octanol–water partition coefficient (Wildman–Crippen LogP) is 3.68. The Kier molecular flexibility index (Phi) is 5.78. The minimum absolute atomic E-state index is 0.0660. The molecule has 0 fully saturated rings. The molecule has 0 saturated heterocycles. The van der Waals surface area contributed by atoms with Gasteiger partial charge in [0.2, 0.25) is 5.91 Å². The lowest BCUT2D eigenvalue weighted by Gasteiger charge is -2.29. The molecule has 5 nitrogen and oxygen atoms in total. The summed E-state index contributed by atoms with van der Waals surface area (Å²) >= 11 is 0. The van der Waals surface area contributed by atoms with Gasteiger partial charge < -0.3 is 20.1 Å². The molecule has 0 aromatic heterocycles. The standard InChI is InChI=1S/C21H26N2O3/c1-4-25-19-12-16-10-11-22-21(18(16)13-20(19)26-5-2)15-6-8-17(9-7-15)23-14(3)24/h6-9,12-13,21-22H,4-5,10-11H2,1-3H3,(H,23,24)/t21-/m1/s1. The molecule has 26 heavy (non-hydrogen) atoms. The summed E-state index contributed by atoms with van der Waals surface area (Å²) < 4.78 is 11.6. The lowest BCUT2D eigenvalue weighted by atomic mass is 9.89. The van der Waals surface area contributed by atoms with E-state index >= 15 is 0 Å². The molecule has 2 aromatic rings. The fourth-order valence-electron chi connectivity index (χ4n) is 3.36. The second kappa shape index (κ2) is 8.23. The van der Waals surface area contributed by atoms with Crippen LogP contribution in [0, 0.1) is 0 Å². The lowest BCUT2D eigenvalue weighted by molar-refractivity contribution is -0.114. The van der Waals surface area contributed by atoms with E-state index in [-0.39, 0.29) is 11.9 Å². The zero-order valence-electron chi connectivity index (χ0n) is 15.6. The van der Waals surface area contributed by atoms with E-state index in [4.69, 9.17) is 9.47 Å². The zero-order chi connectivity index (χ0) is 18.5. The maximum atomic E-state index is 11.2. The number of benzene rings is 2. The topological polar surface area (TPSA) is 59.6 Å². The maximum absolute atomic E-state index is 11.2. The monoisotopic (exact) mass is 354 g/mol. The van der Waals surface area contributed by atoms with Gasteiger partial charge in [-0.25, -0.2) is 0 Å². The SMILES string of the molecule is CCOc1cc2c(cc1OCC)[C@@H](c1ccc(NC(C)=O)cc1)NCC2. The van der Waals surface area contributed by atoms with Crippen molar-refractivity contribution >= 4 is 11.6 Å². The second-order valence-electron chi connectivity index (χ2n) is 6.30. The maximum Gasteiger partial charge on any atom is 0.221 e. The van der Waals surface area contributed by atoms with Crippen LogP contribution in [0.25, 0.3) is 0 Å². The van der Waals surface area contributed by atoms with E-state index in [1.54, 1.807) is 0 Å². The summed E-state index contributed by atoms with van der Waals surface area (Å²) in [6.07, 6.45) is 0.961.